The van der Waals surface area contributed by atoms with Gasteiger partial charge in [-0.25, -0.2) is 0 Å². The van der Waals surface area contributed by atoms with Crippen LogP contribution in [0.15, 0.2) is 24.3 Å². The molecule has 1 N–H and O–H groups in total. The minimum absolute atomic E-state index is 0.0232. The highest BCUT2D eigenvalue weighted by atomic mass is 16.6. The quantitative estimate of drug-likeness (QED) is 0.811. The second kappa shape index (κ2) is 6.06. The van der Waals surface area contributed by atoms with Gasteiger partial charge in [-0.15, -0.1) is 0 Å². The Balaban J connectivity index is 1.31. The SMILES string of the molecule is COc1ccc(NC(=O)COC(=O)[C@@H]2[C@@H]3C[C@@H]4[C@@H]2C(=O)O[C@@H]4C3)cc1. The molecule has 0 aromatic heterocycles. The first-order valence-corrected chi connectivity index (χ1v) is 8.38. The van der Waals surface area contributed by atoms with Gasteiger partial charge < -0.3 is 19.5 Å². The molecule has 7 heteroatoms. The molecular weight excluding hydrogens is 326 g/mol. The zero-order valence-corrected chi connectivity index (χ0v) is 13.8. The molecule has 0 radical (unpaired) electrons. The highest BCUT2D eigenvalue weighted by Crippen LogP contribution is 2.57. The van der Waals surface area contributed by atoms with Crippen LogP contribution in [0.2, 0.25) is 0 Å². The summed E-state index contributed by atoms with van der Waals surface area (Å²) in [4.78, 5) is 36.3. The first-order chi connectivity index (χ1) is 12.1. The van der Waals surface area contributed by atoms with Gasteiger partial charge in [-0.1, -0.05) is 0 Å². The lowest BCUT2D eigenvalue weighted by Crippen LogP contribution is -2.34. The topological polar surface area (TPSA) is 90.9 Å². The maximum absolute atomic E-state index is 12.4. The van der Waals surface area contributed by atoms with Gasteiger partial charge in [-0.05, 0) is 43.0 Å². The van der Waals surface area contributed by atoms with Gasteiger partial charge in [-0.2, -0.15) is 0 Å². The van der Waals surface area contributed by atoms with Gasteiger partial charge in [-0.3, -0.25) is 14.4 Å². The van der Waals surface area contributed by atoms with Crippen LogP contribution in [-0.2, 0) is 23.9 Å². The Bertz CT molecular complexity index is 713. The maximum Gasteiger partial charge on any atom is 0.310 e. The third-order valence-corrected chi connectivity index (χ3v) is 5.47. The van der Waals surface area contributed by atoms with Crippen LogP contribution in [0.5, 0.6) is 5.75 Å². The zero-order valence-electron chi connectivity index (χ0n) is 13.8. The number of nitrogens with one attached hydrogen (secondary N) is 1. The molecule has 7 nitrogen and oxygen atoms in total. The van der Waals surface area contributed by atoms with Crippen LogP contribution in [0, 0.1) is 23.7 Å². The Hall–Kier alpha value is -2.57. The van der Waals surface area contributed by atoms with Gasteiger partial charge in [0.25, 0.3) is 5.91 Å². The molecule has 2 saturated carbocycles. The summed E-state index contributed by atoms with van der Waals surface area (Å²) in [5.74, 6) is -1.09. The van der Waals surface area contributed by atoms with Crippen molar-refractivity contribution in [3.05, 3.63) is 24.3 Å². The lowest BCUT2D eigenvalue weighted by Gasteiger charge is -2.22. The molecule has 4 rings (SSSR count). The van der Waals surface area contributed by atoms with E-state index in [0.29, 0.717) is 11.4 Å². The Kier molecular flexibility index (Phi) is 3.86. The van der Waals surface area contributed by atoms with E-state index in [4.69, 9.17) is 14.2 Å². The minimum atomic E-state index is -0.473. The number of carbonyl (C=O) groups is 3. The van der Waals surface area contributed by atoms with E-state index >= 15 is 0 Å². The number of benzene rings is 1. The van der Waals surface area contributed by atoms with Crippen molar-refractivity contribution < 1.29 is 28.6 Å². The van der Waals surface area contributed by atoms with E-state index in [0.717, 1.165) is 12.8 Å². The van der Waals surface area contributed by atoms with Gasteiger partial charge in [0, 0.05) is 11.6 Å². The number of carbonyl (C=O) groups excluding carboxylic acids is 3. The molecule has 0 unspecified atom stereocenters. The summed E-state index contributed by atoms with van der Waals surface area (Å²) in [6.45, 7) is -0.371. The number of anilines is 1. The number of hydrogen-bond acceptors (Lipinski definition) is 6. The minimum Gasteiger partial charge on any atom is -0.497 e. The zero-order chi connectivity index (χ0) is 17.6. The summed E-state index contributed by atoms with van der Waals surface area (Å²) in [5.41, 5.74) is 0.587. The molecule has 1 amide bonds. The van der Waals surface area contributed by atoms with E-state index in [2.05, 4.69) is 5.32 Å². The van der Waals surface area contributed by atoms with Crippen molar-refractivity contribution >= 4 is 23.5 Å². The lowest BCUT2D eigenvalue weighted by atomic mass is 9.80. The Labute approximate surface area is 144 Å². The fraction of sp³-hybridized carbons (Fsp3) is 0.500. The molecule has 2 bridgehead atoms. The molecule has 1 aliphatic heterocycles. The van der Waals surface area contributed by atoms with Gasteiger partial charge in [0.15, 0.2) is 6.61 Å². The van der Waals surface area contributed by atoms with Crippen LogP contribution >= 0.6 is 0 Å². The second-order valence-corrected chi connectivity index (χ2v) is 6.81. The van der Waals surface area contributed by atoms with Gasteiger partial charge in [0.05, 0.1) is 18.9 Å². The van der Waals surface area contributed by atoms with Crippen LogP contribution in [0.25, 0.3) is 0 Å². The van der Waals surface area contributed by atoms with Crippen LogP contribution in [-0.4, -0.2) is 37.7 Å². The highest BCUT2D eigenvalue weighted by molar-refractivity contribution is 5.93. The second-order valence-electron chi connectivity index (χ2n) is 6.81. The molecule has 5 atom stereocenters. The molecule has 2 aliphatic carbocycles. The van der Waals surface area contributed by atoms with Crippen molar-refractivity contribution in [3.63, 3.8) is 0 Å². The summed E-state index contributed by atoms with van der Waals surface area (Å²) in [7, 11) is 1.56. The van der Waals surface area contributed by atoms with E-state index in [1.165, 1.54) is 0 Å². The highest BCUT2D eigenvalue weighted by Gasteiger charge is 2.64. The summed E-state index contributed by atoms with van der Waals surface area (Å²) in [6.07, 6.45) is 1.54. The van der Waals surface area contributed by atoms with Crippen molar-refractivity contribution in [1.82, 2.24) is 0 Å². The van der Waals surface area contributed by atoms with E-state index < -0.39 is 17.8 Å². The monoisotopic (exact) mass is 345 g/mol. The van der Waals surface area contributed by atoms with Crippen LogP contribution in [0.3, 0.4) is 0 Å². The number of esters is 2. The van der Waals surface area contributed by atoms with E-state index in [-0.39, 0.29) is 36.4 Å². The van der Waals surface area contributed by atoms with Crippen LogP contribution < -0.4 is 10.1 Å². The summed E-state index contributed by atoms with van der Waals surface area (Å²) in [5, 5.41) is 2.65. The Morgan fingerprint density at radius 3 is 2.72 bits per heavy atom. The molecule has 1 aromatic carbocycles. The Morgan fingerprint density at radius 2 is 2.00 bits per heavy atom. The van der Waals surface area contributed by atoms with Gasteiger partial charge in [0.1, 0.15) is 11.9 Å². The Morgan fingerprint density at radius 1 is 1.24 bits per heavy atom. The van der Waals surface area contributed by atoms with Crippen molar-refractivity contribution in [2.24, 2.45) is 23.7 Å². The molecule has 25 heavy (non-hydrogen) atoms. The van der Waals surface area contributed by atoms with E-state index in [1.54, 1.807) is 31.4 Å². The summed E-state index contributed by atoms with van der Waals surface area (Å²) < 4.78 is 15.5. The molecule has 1 aromatic rings. The van der Waals surface area contributed by atoms with Crippen LogP contribution in [0.1, 0.15) is 12.8 Å². The van der Waals surface area contributed by atoms with E-state index in [1.807, 2.05) is 0 Å². The van der Waals surface area contributed by atoms with Crippen molar-refractivity contribution in [2.75, 3.05) is 19.0 Å². The number of amides is 1. The number of methoxy groups -OCH3 is 1. The van der Waals surface area contributed by atoms with Crippen molar-refractivity contribution in [2.45, 2.75) is 18.9 Å². The van der Waals surface area contributed by atoms with E-state index in [9.17, 15) is 14.4 Å². The fourth-order valence-electron chi connectivity index (χ4n) is 4.43. The maximum atomic E-state index is 12.4. The average molecular weight is 345 g/mol. The molecule has 132 valence electrons. The molecule has 3 aliphatic rings. The molecule has 3 fully saturated rings. The van der Waals surface area contributed by atoms with Gasteiger partial charge >= 0.3 is 11.9 Å². The smallest absolute Gasteiger partial charge is 0.310 e. The van der Waals surface area contributed by atoms with Gasteiger partial charge in [0.2, 0.25) is 0 Å². The third kappa shape index (κ3) is 2.73. The molecule has 0 spiro atoms. The van der Waals surface area contributed by atoms with Crippen molar-refractivity contribution in [3.8, 4) is 5.75 Å². The summed E-state index contributed by atoms with van der Waals surface area (Å²) >= 11 is 0. The third-order valence-electron chi connectivity index (χ3n) is 5.47. The summed E-state index contributed by atoms with van der Waals surface area (Å²) in [6, 6.07) is 6.84. The van der Waals surface area contributed by atoms with Crippen molar-refractivity contribution in [1.29, 1.82) is 0 Å². The first kappa shape index (κ1) is 15.9. The first-order valence-electron chi connectivity index (χ1n) is 8.38. The number of ether oxygens (including phenoxy) is 3. The average Bonchev–Trinajstić information content (AvgIpc) is 3.22. The molecule has 1 heterocycles. The predicted octanol–water partition coefficient (Wildman–Crippen LogP) is 1.37. The molecular formula is C18H19NO6. The standard InChI is InChI=1S/C18H19NO6/c1-23-11-4-2-10(3-5-11)19-14(20)8-24-17(21)15-9-6-12-13(7-9)25-18(22)16(12)15/h2-5,9,12-13,15-16H,6-8H2,1H3,(H,19,20)/t9-,12+,13-,15-,16+/m1/s1. The normalized spacial score (nSPS) is 31.6. The van der Waals surface area contributed by atoms with Crippen LogP contribution in [0.4, 0.5) is 5.69 Å². The lowest BCUT2D eigenvalue weighted by molar-refractivity contribution is -0.157. The number of rotatable bonds is 5. The molecule has 1 saturated heterocycles. The predicted molar refractivity (Wildman–Crippen MR) is 85.7 cm³/mol. The largest absolute Gasteiger partial charge is 0.497 e. The number of hydrogen-bond donors (Lipinski definition) is 1. The number of fused-ring (bicyclic) bond motifs is 1. The fourth-order valence-corrected chi connectivity index (χ4v) is 4.43.